The molecule has 1 saturated heterocycles. The number of nitrogens with zero attached hydrogens (tertiary/aromatic N) is 1. The van der Waals surface area contributed by atoms with Crippen molar-refractivity contribution >= 4 is 5.97 Å². The average Bonchev–Trinajstić information content (AvgIpc) is 2.41. The highest BCUT2D eigenvalue weighted by Gasteiger charge is 2.41. The van der Waals surface area contributed by atoms with E-state index in [4.69, 9.17) is 4.74 Å². The molecule has 1 fully saturated rings. The highest BCUT2D eigenvalue weighted by atomic mass is 16.5. The Morgan fingerprint density at radius 2 is 2.26 bits per heavy atom. The Morgan fingerprint density at radius 1 is 1.47 bits per heavy atom. The lowest BCUT2D eigenvalue weighted by Crippen LogP contribution is -2.54. The van der Waals surface area contributed by atoms with Crippen molar-refractivity contribution in [2.45, 2.75) is 38.3 Å². The first-order valence-corrected chi connectivity index (χ1v) is 6.67. The largest absolute Gasteiger partial charge is 0.497 e. The van der Waals surface area contributed by atoms with E-state index >= 15 is 0 Å². The molecule has 0 saturated carbocycles. The Labute approximate surface area is 114 Å². The van der Waals surface area contributed by atoms with Gasteiger partial charge < -0.3 is 9.84 Å². The smallest absolute Gasteiger partial charge is 0.323 e. The minimum atomic E-state index is -0.749. The van der Waals surface area contributed by atoms with Crippen LogP contribution in [-0.4, -0.2) is 35.2 Å². The van der Waals surface area contributed by atoms with Crippen molar-refractivity contribution in [2.75, 3.05) is 13.7 Å². The molecule has 0 amide bonds. The zero-order chi connectivity index (χ0) is 13.9. The molecule has 1 heterocycles. The molecular formula is C15H21NO3. The third-order valence-electron chi connectivity index (χ3n) is 4.01. The fourth-order valence-corrected chi connectivity index (χ4v) is 2.66. The van der Waals surface area contributed by atoms with E-state index in [1.165, 1.54) is 0 Å². The minimum absolute atomic E-state index is 0.653. The van der Waals surface area contributed by atoms with Gasteiger partial charge in [-0.1, -0.05) is 12.1 Å². The van der Waals surface area contributed by atoms with E-state index in [-0.39, 0.29) is 0 Å². The lowest BCUT2D eigenvalue weighted by Gasteiger charge is -2.41. The summed E-state index contributed by atoms with van der Waals surface area (Å²) in [4.78, 5) is 13.6. The summed E-state index contributed by atoms with van der Waals surface area (Å²) in [6, 6.07) is 7.82. The zero-order valence-corrected chi connectivity index (χ0v) is 11.6. The monoisotopic (exact) mass is 263 g/mol. The number of aliphatic carboxylic acids is 1. The van der Waals surface area contributed by atoms with Crippen molar-refractivity contribution < 1.29 is 14.6 Å². The average molecular weight is 263 g/mol. The normalized spacial score (nSPS) is 24.1. The van der Waals surface area contributed by atoms with Gasteiger partial charge in [0.05, 0.1) is 7.11 Å². The summed E-state index contributed by atoms with van der Waals surface area (Å²) in [6.07, 6.45) is 2.76. The van der Waals surface area contributed by atoms with Crippen molar-refractivity contribution in [3.8, 4) is 5.75 Å². The minimum Gasteiger partial charge on any atom is -0.497 e. The lowest BCUT2D eigenvalue weighted by atomic mass is 9.88. The van der Waals surface area contributed by atoms with Gasteiger partial charge in [0.15, 0.2) is 0 Å². The third-order valence-corrected chi connectivity index (χ3v) is 4.01. The Morgan fingerprint density at radius 3 is 2.95 bits per heavy atom. The van der Waals surface area contributed by atoms with Crippen molar-refractivity contribution in [1.82, 2.24) is 4.90 Å². The second-order valence-electron chi connectivity index (χ2n) is 5.31. The summed E-state index contributed by atoms with van der Waals surface area (Å²) in [6.45, 7) is 3.31. The van der Waals surface area contributed by atoms with Gasteiger partial charge in [-0.3, -0.25) is 9.69 Å². The van der Waals surface area contributed by atoms with E-state index in [2.05, 4.69) is 4.90 Å². The van der Waals surface area contributed by atoms with Crippen molar-refractivity contribution in [2.24, 2.45) is 0 Å². The number of hydrogen-bond donors (Lipinski definition) is 1. The molecule has 0 bridgehead atoms. The first-order valence-electron chi connectivity index (χ1n) is 6.67. The third kappa shape index (κ3) is 2.89. The first-order chi connectivity index (χ1) is 9.06. The number of carboxylic acid groups (broad SMARTS) is 1. The number of piperidine rings is 1. The fraction of sp³-hybridized carbons (Fsp3) is 0.533. The highest BCUT2D eigenvalue weighted by Crippen LogP contribution is 2.30. The first kappa shape index (κ1) is 13.9. The number of carboxylic acids is 1. The number of hydrogen-bond acceptors (Lipinski definition) is 3. The molecule has 4 nitrogen and oxygen atoms in total. The van der Waals surface area contributed by atoms with Crippen LogP contribution in [0, 0.1) is 0 Å². The Kier molecular flexibility index (Phi) is 4.10. The quantitative estimate of drug-likeness (QED) is 0.907. The van der Waals surface area contributed by atoms with Crippen LogP contribution in [0.2, 0.25) is 0 Å². The number of benzene rings is 1. The van der Waals surface area contributed by atoms with E-state index < -0.39 is 11.5 Å². The van der Waals surface area contributed by atoms with Crippen LogP contribution in [0.3, 0.4) is 0 Å². The van der Waals surface area contributed by atoms with Crippen LogP contribution in [0.5, 0.6) is 5.75 Å². The summed E-state index contributed by atoms with van der Waals surface area (Å²) in [5.41, 5.74) is 0.343. The van der Waals surface area contributed by atoms with E-state index in [1.54, 1.807) is 7.11 Å². The SMILES string of the molecule is COc1cccc(CN2CCCCC2(C)C(=O)O)c1. The molecule has 104 valence electrons. The Bertz CT molecular complexity index is 460. The molecule has 2 rings (SSSR count). The van der Waals surface area contributed by atoms with Crippen LogP contribution in [0.4, 0.5) is 0 Å². The number of ether oxygens (including phenoxy) is 1. The van der Waals surface area contributed by atoms with E-state index in [0.29, 0.717) is 13.0 Å². The van der Waals surface area contributed by atoms with Gasteiger partial charge in [0.25, 0.3) is 0 Å². The van der Waals surface area contributed by atoms with Crippen molar-refractivity contribution in [3.63, 3.8) is 0 Å². The molecule has 1 N–H and O–H groups in total. The van der Waals surface area contributed by atoms with Crippen LogP contribution < -0.4 is 4.74 Å². The number of likely N-dealkylation sites (tertiary alicyclic amines) is 1. The summed E-state index contributed by atoms with van der Waals surface area (Å²) in [5.74, 6) is 0.0848. The number of rotatable bonds is 4. The fourth-order valence-electron chi connectivity index (χ4n) is 2.66. The molecule has 19 heavy (non-hydrogen) atoms. The summed E-state index contributed by atoms with van der Waals surface area (Å²) >= 11 is 0. The number of methoxy groups -OCH3 is 1. The molecule has 0 spiro atoms. The molecule has 1 aromatic carbocycles. The Hall–Kier alpha value is -1.55. The van der Waals surface area contributed by atoms with Gasteiger partial charge in [-0.15, -0.1) is 0 Å². The molecule has 1 atom stereocenters. The molecule has 0 aromatic heterocycles. The standard InChI is InChI=1S/C15H21NO3/c1-15(14(17)18)8-3-4-9-16(15)11-12-6-5-7-13(10-12)19-2/h5-7,10H,3-4,8-9,11H2,1-2H3,(H,17,18). The van der Waals surface area contributed by atoms with E-state index in [1.807, 2.05) is 31.2 Å². The molecule has 1 aromatic rings. The van der Waals surface area contributed by atoms with Gasteiger partial charge in [-0.25, -0.2) is 0 Å². The van der Waals surface area contributed by atoms with Crippen molar-refractivity contribution in [3.05, 3.63) is 29.8 Å². The van der Waals surface area contributed by atoms with Gasteiger partial charge in [0.2, 0.25) is 0 Å². The van der Waals surface area contributed by atoms with E-state index in [9.17, 15) is 9.90 Å². The Balaban J connectivity index is 2.17. The van der Waals surface area contributed by atoms with Crippen LogP contribution in [0.1, 0.15) is 31.7 Å². The summed E-state index contributed by atoms with van der Waals surface area (Å²) in [7, 11) is 1.64. The van der Waals surface area contributed by atoms with Crippen molar-refractivity contribution in [1.29, 1.82) is 0 Å². The lowest BCUT2D eigenvalue weighted by molar-refractivity contribution is -0.153. The second kappa shape index (κ2) is 5.61. The number of carbonyl (C=O) groups is 1. The molecule has 1 aliphatic heterocycles. The summed E-state index contributed by atoms with van der Waals surface area (Å²) < 4.78 is 5.21. The van der Waals surface area contributed by atoms with E-state index in [0.717, 1.165) is 30.7 Å². The van der Waals surface area contributed by atoms with Crippen LogP contribution in [0.25, 0.3) is 0 Å². The van der Waals surface area contributed by atoms with Crippen LogP contribution >= 0.6 is 0 Å². The van der Waals surface area contributed by atoms with Gasteiger partial charge in [0.1, 0.15) is 11.3 Å². The molecule has 4 heteroatoms. The maximum Gasteiger partial charge on any atom is 0.323 e. The molecule has 0 aliphatic carbocycles. The molecule has 1 aliphatic rings. The van der Waals surface area contributed by atoms with Crippen LogP contribution in [0.15, 0.2) is 24.3 Å². The van der Waals surface area contributed by atoms with Crippen LogP contribution in [-0.2, 0) is 11.3 Å². The van der Waals surface area contributed by atoms with Gasteiger partial charge in [-0.05, 0) is 50.4 Å². The zero-order valence-electron chi connectivity index (χ0n) is 11.6. The van der Waals surface area contributed by atoms with Gasteiger partial charge >= 0.3 is 5.97 Å². The predicted molar refractivity (Wildman–Crippen MR) is 73.3 cm³/mol. The van der Waals surface area contributed by atoms with Gasteiger partial charge in [-0.2, -0.15) is 0 Å². The summed E-state index contributed by atoms with van der Waals surface area (Å²) in [5, 5.41) is 9.48. The second-order valence-corrected chi connectivity index (χ2v) is 5.31. The van der Waals surface area contributed by atoms with Gasteiger partial charge in [0, 0.05) is 6.54 Å². The molecule has 0 radical (unpaired) electrons. The predicted octanol–water partition coefficient (Wildman–Crippen LogP) is 2.52. The maximum absolute atomic E-state index is 11.5. The molecule has 1 unspecified atom stereocenters. The molecular weight excluding hydrogens is 242 g/mol. The topological polar surface area (TPSA) is 49.8 Å². The highest BCUT2D eigenvalue weighted by molar-refractivity contribution is 5.78. The maximum atomic E-state index is 11.5.